The normalized spacial score (nSPS) is 10.3. The summed E-state index contributed by atoms with van der Waals surface area (Å²) >= 11 is -0.0677. The number of alkyl halides is 3. The summed E-state index contributed by atoms with van der Waals surface area (Å²) in [6.45, 7) is 0. The van der Waals surface area contributed by atoms with Crippen molar-refractivity contribution in [2.75, 3.05) is 0 Å². The van der Waals surface area contributed by atoms with Crippen molar-refractivity contribution in [2.45, 2.75) is 6.18 Å². The summed E-state index contributed by atoms with van der Waals surface area (Å²) in [6, 6.07) is 2.57. The molecule has 0 radical (unpaired) electrons. The Labute approximate surface area is 118 Å². The third-order valence-electron chi connectivity index (χ3n) is 2.15. The van der Waals surface area contributed by atoms with E-state index in [1.807, 2.05) is 0 Å². The zero-order chi connectivity index (χ0) is 16.4. The Morgan fingerprint density at radius 3 is 1.90 bits per heavy atom. The average Bonchev–Trinajstić information content (AvgIpc) is 2.72. The predicted molar refractivity (Wildman–Crippen MR) is 62.0 cm³/mol. The number of carbonyl (C=O) groups is 2. The first-order valence-corrected chi connectivity index (χ1v) is 5.67. The number of nitriles is 2. The summed E-state index contributed by atoms with van der Waals surface area (Å²) in [5.41, 5.74) is -2.89. The van der Waals surface area contributed by atoms with Crippen LogP contribution in [0.15, 0.2) is 5.57 Å². The largest absolute Gasteiger partial charge is 0.477 e. The van der Waals surface area contributed by atoms with Gasteiger partial charge in [-0.15, -0.1) is 11.3 Å². The molecule has 0 spiro atoms. The van der Waals surface area contributed by atoms with Gasteiger partial charge in [0.05, 0.1) is 11.1 Å². The van der Waals surface area contributed by atoms with Crippen molar-refractivity contribution in [1.29, 1.82) is 10.5 Å². The maximum atomic E-state index is 12.7. The molecule has 0 aromatic carbocycles. The molecule has 0 fully saturated rings. The second-order valence-electron chi connectivity index (χ2n) is 3.44. The van der Waals surface area contributed by atoms with Crippen molar-refractivity contribution >= 4 is 29.4 Å². The minimum atomic E-state index is -4.92. The molecule has 0 aliphatic rings. The number of thiophene rings is 1. The number of aliphatic carboxylic acids is 2. The molecule has 6 nitrogen and oxygen atoms in total. The van der Waals surface area contributed by atoms with Crippen molar-refractivity contribution in [3.63, 3.8) is 0 Å². The highest BCUT2D eigenvalue weighted by Crippen LogP contribution is 2.41. The zero-order valence-corrected chi connectivity index (χ0v) is 10.5. The first-order valence-electron chi connectivity index (χ1n) is 4.86. The van der Waals surface area contributed by atoms with Gasteiger partial charge in [0, 0.05) is 4.88 Å². The first-order chi connectivity index (χ1) is 9.63. The van der Waals surface area contributed by atoms with Gasteiger partial charge in [-0.2, -0.15) is 23.7 Å². The van der Waals surface area contributed by atoms with E-state index in [-0.39, 0.29) is 11.3 Å². The highest BCUT2D eigenvalue weighted by molar-refractivity contribution is 7.13. The number of hydrogen-bond donors (Lipinski definition) is 2. The van der Waals surface area contributed by atoms with Crippen LogP contribution in [0.4, 0.5) is 13.2 Å². The van der Waals surface area contributed by atoms with Gasteiger partial charge in [0.15, 0.2) is 0 Å². The molecule has 2 N–H and O–H groups in total. The molecule has 0 aliphatic carbocycles. The summed E-state index contributed by atoms with van der Waals surface area (Å²) in [5, 5.41) is 34.8. The molecule has 10 heteroatoms. The maximum Gasteiger partial charge on any atom is 0.426 e. The van der Waals surface area contributed by atoms with Crippen LogP contribution in [0.2, 0.25) is 0 Å². The summed E-state index contributed by atoms with van der Waals surface area (Å²) in [4.78, 5) is 19.4. The van der Waals surface area contributed by atoms with Crippen LogP contribution in [0.25, 0.3) is 6.08 Å². The Hall–Kier alpha value is -2.85. The molecule has 0 unspecified atom stereocenters. The number of rotatable bonds is 3. The Bertz CT molecular complexity index is 718. The fraction of sp³-hybridized carbons (Fsp3) is 0.0909. The standard InChI is InChI=1S/C11H3F3N2O4S/c12-11(13,14)8-6(3-16)5(2-15)7(21-8)1-4(9(17)18)10(19)20/h1H,(H,17,18)(H,19,20). The van der Waals surface area contributed by atoms with Crippen LogP contribution in [0.3, 0.4) is 0 Å². The second-order valence-corrected chi connectivity index (χ2v) is 4.49. The van der Waals surface area contributed by atoms with E-state index in [4.69, 9.17) is 20.7 Å². The molecule has 0 aliphatic heterocycles. The number of nitrogens with zero attached hydrogens (tertiary/aromatic N) is 2. The average molecular weight is 316 g/mol. The van der Waals surface area contributed by atoms with Crippen LogP contribution in [-0.4, -0.2) is 22.2 Å². The molecular weight excluding hydrogens is 313 g/mol. The second kappa shape index (κ2) is 5.64. The van der Waals surface area contributed by atoms with Crippen molar-refractivity contribution in [2.24, 2.45) is 0 Å². The molecular formula is C11H3F3N2O4S. The van der Waals surface area contributed by atoms with E-state index in [9.17, 15) is 22.8 Å². The Morgan fingerprint density at radius 2 is 1.57 bits per heavy atom. The summed E-state index contributed by atoms with van der Waals surface area (Å²) in [6.07, 6.45) is -4.50. The van der Waals surface area contributed by atoms with E-state index in [1.165, 1.54) is 12.1 Å². The highest BCUT2D eigenvalue weighted by atomic mass is 32.1. The van der Waals surface area contributed by atoms with Gasteiger partial charge in [0.1, 0.15) is 22.6 Å². The quantitative estimate of drug-likeness (QED) is 0.500. The molecule has 0 amide bonds. The minimum Gasteiger partial charge on any atom is -0.477 e. The lowest BCUT2D eigenvalue weighted by atomic mass is 10.1. The van der Waals surface area contributed by atoms with Gasteiger partial charge in [-0.1, -0.05) is 0 Å². The van der Waals surface area contributed by atoms with Crippen LogP contribution in [-0.2, 0) is 15.8 Å². The van der Waals surface area contributed by atoms with Gasteiger partial charge in [-0.3, -0.25) is 0 Å². The number of halogens is 3. The van der Waals surface area contributed by atoms with Crippen LogP contribution in [0.1, 0.15) is 20.9 Å². The lowest BCUT2D eigenvalue weighted by molar-refractivity contribution is -0.140. The zero-order valence-electron chi connectivity index (χ0n) is 9.72. The van der Waals surface area contributed by atoms with Crippen LogP contribution in [0.5, 0.6) is 0 Å². The molecule has 1 heterocycles. The SMILES string of the molecule is N#Cc1c(C=C(C(=O)O)C(=O)O)sc(C(F)(F)F)c1C#N. The number of hydrogen-bond acceptors (Lipinski definition) is 5. The van der Waals surface area contributed by atoms with Gasteiger partial charge in [0.2, 0.25) is 0 Å². The predicted octanol–water partition coefficient (Wildman–Crippen LogP) is 2.06. The Morgan fingerprint density at radius 1 is 1.10 bits per heavy atom. The first kappa shape index (κ1) is 16.2. The molecule has 108 valence electrons. The summed E-state index contributed by atoms with van der Waals surface area (Å²) in [7, 11) is 0. The van der Waals surface area contributed by atoms with Crippen LogP contribution >= 0.6 is 11.3 Å². The van der Waals surface area contributed by atoms with E-state index >= 15 is 0 Å². The Balaban J connectivity index is 3.68. The summed E-state index contributed by atoms with van der Waals surface area (Å²) in [5.74, 6) is -3.77. The van der Waals surface area contributed by atoms with E-state index in [0.717, 1.165) is 0 Å². The lowest BCUT2D eigenvalue weighted by Gasteiger charge is -2.02. The molecule has 1 rings (SSSR count). The van der Waals surface area contributed by atoms with Crippen LogP contribution < -0.4 is 0 Å². The van der Waals surface area contributed by atoms with E-state index in [2.05, 4.69) is 0 Å². The van der Waals surface area contributed by atoms with Gasteiger partial charge >= 0.3 is 18.1 Å². The Kier molecular flexibility index (Phi) is 4.36. The molecule has 21 heavy (non-hydrogen) atoms. The topological polar surface area (TPSA) is 122 Å². The number of carboxylic acid groups (broad SMARTS) is 2. The van der Waals surface area contributed by atoms with Gasteiger partial charge in [-0.25, -0.2) is 9.59 Å². The van der Waals surface area contributed by atoms with Crippen molar-refractivity contribution in [3.05, 3.63) is 26.5 Å². The fourth-order valence-electron chi connectivity index (χ4n) is 1.31. The molecule has 0 bridgehead atoms. The third-order valence-corrected chi connectivity index (χ3v) is 3.33. The molecule has 0 atom stereocenters. The smallest absolute Gasteiger partial charge is 0.426 e. The van der Waals surface area contributed by atoms with Crippen LogP contribution in [0, 0.1) is 22.7 Å². The monoisotopic (exact) mass is 316 g/mol. The van der Waals surface area contributed by atoms with Gasteiger partial charge in [0.25, 0.3) is 0 Å². The van der Waals surface area contributed by atoms with Crippen molar-refractivity contribution in [1.82, 2.24) is 0 Å². The highest BCUT2D eigenvalue weighted by Gasteiger charge is 2.38. The van der Waals surface area contributed by atoms with Crippen molar-refractivity contribution in [3.8, 4) is 12.1 Å². The lowest BCUT2D eigenvalue weighted by Crippen LogP contribution is -2.10. The maximum absolute atomic E-state index is 12.7. The molecule has 0 saturated heterocycles. The van der Waals surface area contributed by atoms with Gasteiger partial charge < -0.3 is 10.2 Å². The van der Waals surface area contributed by atoms with E-state index in [1.54, 1.807) is 0 Å². The fourth-order valence-corrected chi connectivity index (χ4v) is 2.33. The van der Waals surface area contributed by atoms with Crippen molar-refractivity contribution < 1.29 is 33.0 Å². The van der Waals surface area contributed by atoms with E-state index in [0.29, 0.717) is 6.08 Å². The summed E-state index contributed by atoms with van der Waals surface area (Å²) < 4.78 is 38.1. The molecule has 1 aromatic rings. The van der Waals surface area contributed by atoms with Gasteiger partial charge in [-0.05, 0) is 6.08 Å². The number of carboxylic acids is 2. The minimum absolute atomic E-state index is 0.0677. The van der Waals surface area contributed by atoms with E-state index < -0.39 is 44.6 Å². The third kappa shape index (κ3) is 3.19. The molecule has 0 saturated carbocycles. The molecule has 1 aromatic heterocycles.